The molecule has 0 atom stereocenters. The lowest BCUT2D eigenvalue weighted by molar-refractivity contribution is -0.121. The minimum Gasteiger partial charge on any atom is -0.497 e. The summed E-state index contributed by atoms with van der Waals surface area (Å²) < 4.78 is 7.18. The molecular formula is C27H26Cl2N4O2S. The standard InChI is InChI=1S/C27H26Cl2N4O2S/c1-35-24-13-11-19(12-14-24)17-30-26(34)10-4-9-25-31-32-27(33(25)23-8-3-7-22(29)16-23)36-18-20-5-2-6-21(28)15-20/h2-3,5-8,11-16H,4,9-10,17-18H2,1H3,(H,30,34). The number of ether oxygens (including phenoxy) is 1. The number of methoxy groups -OCH3 is 1. The fourth-order valence-electron chi connectivity index (χ4n) is 3.64. The summed E-state index contributed by atoms with van der Waals surface area (Å²) in [5.74, 6) is 2.27. The Kier molecular flexibility index (Phi) is 9.28. The molecule has 3 aromatic carbocycles. The number of hydrogen-bond acceptors (Lipinski definition) is 5. The van der Waals surface area contributed by atoms with E-state index < -0.39 is 0 Å². The van der Waals surface area contributed by atoms with Crippen LogP contribution in [-0.2, 0) is 23.5 Å². The normalized spacial score (nSPS) is 10.9. The Labute approximate surface area is 225 Å². The molecule has 0 spiro atoms. The van der Waals surface area contributed by atoms with Crippen LogP contribution in [0.4, 0.5) is 0 Å². The summed E-state index contributed by atoms with van der Waals surface area (Å²) in [7, 11) is 1.63. The number of carbonyl (C=O) groups is 1. The molecule has 9 heteroatoms. The number of thioether (sulfide) groups is 1. The SMILES string of the molecule is COc1ccc(CNC(=O)CCCc2nnc(SCc3cccc(Cl)c3)n2-c2cccc(Cl)c2)cc1. The van der Waals surface area contributed by atoms with E-state index in [4.69, 9.17) is 27.9 Å². The highest BCUT2D eigenvalue weighted by Crippen LogP contribution is 2.28. The number of aryl methyl sites for hydroxylation is 1. The van der Waals surface area contributed by atoms with Crippen LogP contribution in [0.2, 0.25) is 10.0 Å². The van der Waals surface area contributed by atoms with Crippen LogP contribution in [0, 0.1) is 0 Å². The van der Waals surface area contributed by atoms with Crippen molar-refractivity contribution in [2.45, 2.75) is 36.7 Å². The first-order valence-electron chi connectivity index (χ1n) is 11.5. The average Bonchev–Trinajstić information content (AvgIpc) is 3.29. The highest BCUT2D eigenvalue weighted by atomic mass is 35.5. The summed E-state index contributed by atoms with van der Waals surface area (Å²) >= 11 is 14.0. The van der Waals surface area contributed by atoms with Gasteiger partial charge in [0.1, 0.15) is 11.6 Å². The molecule has 6 nitrogen and oxygen atoms in total. The number of nitrogens with one attached hydrogen (secondary N) is 1. The Morgan fingerprint density at radius 2 is 1.72 bits per heavy atom. The maximum absolute atomic E-state index is 12.4. The zero-order valence-electron chi connectivity index (χ0n) is 19.8. The van der Waals surface area contributed by atoms with Gasteiger partial charge in [0.05, 0.1) is 12.8 Å². The molecule has 1 heterocycles. The van der Waals surface area contributed by atoms with Gasteiger partial charge in [-0.15, -0.1) is 10.2 Å². The summed E-state index contributed by atoms with van der Waals surface area (Å²) in [6.07, 6.45) is 1.64. The lowest BCUT2D eigenvalue weighted by atomic mass is 10.2. The van der Waals surface area contributed by atoms with Crippen LogP contribution in [0.15, 0.2) is 78.0 Å². The van der Waals surface area contributed by atoms with Gasteiger partial charge in [0, 0.05) is 35.2 Å². The van der Waals surface area contributed by atoms with E-state index in [2.05, 4.69) is 15.5 Å². The smallest absolute Gasteiger partial charge is 0.220 e. The molecule has 1 amide bonds. The van der Waals surface area contributed by atoms with Crippen molar-refractivity contribution in [1.82, 2.24) is 20.1 Å². The van der Waals surface area contributed by atoms with E-state index in [1.54, 1.807) is 18.9 Å². The molecule has 4 rings (SSSR count). The van der Waals surface area contributed by atoms with E-state index in [-0.39, 0.29) is 5.91 Å². The second-order valence-corrected chi connectivity index (χ2v) is 9.93. The number of nitrogens with zero attached hydrogens (tertiary/aromatic N) is 3. The molecule has 36 heavy (non-hydrogen) atoms. The first-order chi connectivity index (χ1) is 17.5. The minimum atomic E-state index is -0.00445. The van der Waals surface area contributed by atoms with Crippen LogP contribution in [0.5, 0.6) is 5.75 Å². The highest BCUT2D eigenvalue weighted by molar-refractivity contribution is 7.98. The van der Waals surface area contributed by atoms with E-state index in [9.17, 15) is 4.79 Å². The number of carbonyl (C=O) groups excluding carboxylic acids is 1. The van der Waals surface area contributed by atoms with Crippen molar-refractivity contribution in [2.24, 2.45) is 0 Å². The maximum Gasteiger partial charge on any atom is 0.220 e. The van der Waals surface area contributed by atoms with Gasteiger partial charge >= 0.3 is 0 Å². The number of amides is 1. The van der Waals surface area contributed by atoms with Gasteiger partial charge in [-0.2, -0.15) is 0 Å². The molecule has 0 fully saturated rings. The molecular weight excluding hydrogens is 515 g/mol. The lowest BCUT2D eigenvalue weighted by Gasteiger charge is -2.11. The highest BCUT2D eigenvalue weighted by Gasteiger charge is 2.16. The topological polar surface area (TPSA) is 69.0 Å². The molecule has 0 saturated heterocycles. The molecule has 0 aliphatic heterocycles. The number of aromatic nitrogens is 3. The van der Waals surface area contributed by atoms with Crippen LogP contribution in [0.25, 0.3) is 5.69 Å². The van der Waals surface area contributed by atoms with Crippen LogP contribution < -0.4 is 10.1 Å². The first kappa shape index (κ1) is 26.1. The number of benzene rings is 3. The van der Waals surface area contributed by atoms with Crippen molar-refractivity contribution in [3.05, 3.63) is 99.8 Å². The van der Waals surface area contributed by atoms with Gasteiger partial charge in [0.15, 0.2) is 5.16 Å². The lowest BCUT2D eigenvalue weighted by Crippen LogP contribution is -2.22. The number of rotatable bonds is 11. The van der Waals surface area contributed by atoms with Crippen molar-refractivity contribution < 1.29 is 9.53 Å². The van der Waals surface area contributed by atoms with Crippen molar-refractivity contribution in [2.75, 3.05) is 7.11 Å². The second-order valence-electron chi connectivity index (χ2n) is 8.11. The predicted molar refractivity (Wildman–Crippen MR) is 145 cm³/mol. The Morgan fingerprint density at radius 1 is 0.972 bits per heavy atom. The molecule has 4 aromatic rings. The zero-order valence-corrected chi connectivity index (χ0v) is 22.1. The largest absolute Gasteiger partial charge is 0.497 e. The van der Waals surface area contributed by atoms with E-state index in [1.807, 2.05) is 77.4 Å². The van der Waals surface area contributed by atoms with E-state index >= 15 is 0 Å². The molecule has 0 saturated carbocycles. The molecule has 1 N–H and O–H groups in total. The Hall–Kier alpha value is -3.00. The summed E-state index contributed by atoms with van der Waals surface area (Å²) in [4.78, 5) is 12.4. The second kappa shape index (κ2) is 12.8. The first-order valence-corrected chi connectivity index (χ1v) is 13.2. The fourth-order valence-corrected chi connectivity index (χ4v) is 4.96. The Morgan fingerprint density at radius 3 is 2.44 bits per heavy atom. The minimum absolute atomic E-state index is 0.00445. The third-order valence-electron chi connectivity index (χ3n) is 5.48. The summed E-state index contributed by atoms with van der Waals surface area (Å²) in [5.41, 5.74) is 3.01. The van der Waals surface area contributed by atoms with Crippen molar-refractivity contribution in [3.63, 3.8) is 0 Å². The molecule has 0 unspecified atom stereocenters. The average molecular weight is 542 g/mol. The number of halogens is 2. The van der Waals surface area contributed by atoms with Gasteiger partial charge in [0.2, 0.25) is 5.91 Å². The summed E-state index contributed by atoms with van der Waals surface area (Å²) in [6, 6.07) is 23.0. The van der Waals surface area contributed by atoms with Crippen molar-refractivity contribution in [1.29, 1.82) is 0 Å². The van der Waals surface area contributed by atoms with Gasteiger partial charge in [0.25, 0.3) is 0 Å². The van der Waals surface area contributed by atoms with Crippen LogP contribution in [-0.4, -0.2) is 27.8 Å². The van der Waals surface area contributed by atoms with Crippen LogP contribution in [0.3, 0.4) is 0 Å². The summed E-state index contributed by atoms with van der Waals surface area (Å²) in [6.45, 7) is 0.478. The molecule has 1 aromatic heterocycles. The van der Waals surface area contributed by atoms with Gasteiger partial charge in [-0.1, -0.05) is 65.3 Å². The molecule has 0 bridgehead atoms. The Bertz CT molecular complexity index is 1310. The predicted octanol–water partition coefficient (Wildman–Crippen LogP) is 6.51. The summed E-state index contributed by atoms with van der Waals surface area (Å²) in [5, 5.41) is 13.9. The third kappa shape index (κ3) is 7.26. The van der Waals surface area contributed by atoms with Gasteiger partial charge in [-0.05, 0) is 60.0 Å². The molecule has 0 aliphatic carbocycles. The van der Waals surface area contributed by atoms with Crippen molar-refractivity contribution in [3.8, 4) is 11.4 Å². The van der Waals surface area contributed by atoms with Crippen LogP contribution in [0.1, 0.15) is 29.8 Å². The van der Waals surface area contributed by atoms with Gasteiger partial charge < -0.3 is 10.1 Å². The maximum atomic E-state index is 12.4. The molecule has 0 aliphatic rings. The van der Waals surface area contributed by atoms with E-state index in [0.29, 0.717) is 41.6 Å². The quantitative estimate of drug-likeness (QED) is 0.219. The molecule has 186 valence electrons. The monoisotopic (exact) mass is 540 g/mol. The van der Waals surface area contributed by atoms with Crippen LogP contribution >= 0.6 is 35.0 Å². The third-order valence-corrected chi connectivity index (χ3v) is 6.95. The Balaban J connectivity index is 1.39. The van der Waals surface area contributed by atoms with E-state index in [1.165, 1.54) is 0 Å². The van der Waals surface area contributed by atoms with Gasteiger partial charge in [-0.3, -0.25) is 9.36 Å². The fraction of sp³-hybridized carbons (Fsp3) is 0.222. The van der Waals surface area contributed by atoms with Gasteiger partial charge in [-0.25, -0.2) is 0 Å². The molecule has 0 radical (unpaired) electrons. The zero-order chi connectivity index (χ0) is 25.3. The van der Waals surface area contributed by atoms with E-state index in [0.717, 1.165) is 33.5 Å². The van der Waals surface area contributed by atoms with Crippen molar-refractivity contribution >= 4 is 40.9 Å². The number of hydrogen-bond donors (Lipinski definition) is 1.